The van der Waals surface area contributed by atoms with Gasteiger partial charge in [0.1, 0.15) is 5.82 Å². The smallest absolute Gasteiger partial charge is 0.240 e. The number of amides is 1. The Morgan fingerprint density at radius 2 is 1.81 bits per heavy atom. The zero-order valence-electron chi connectivity index (χ0n) is 14.3. The van der Waals surface area contributed by atoms with Crippen LogP contribution < -0.4 is 10.7 Å². The SMILES string of the molecule is CC(Sc1nnc(-c2ccc(F)cc2)n1N)C(=O)N(C)c1ccccc1. The lowest BCUT2D eigenvalue weighted by Gasteiger charge is -2.20. The van der Waals surface area contributed by atoms with Crippen molar-refractivity contribution in [3.63, 3.8) is 0 Å². The summed E-state index contributed by atoms with van der Waals surface area (Å²) < 4.78 is 14.4. The number of halogens is 1. The minimum atomic E-state index is -0.409. The molecule has 3 rings (SSSR count). The van der Waals surface area contributed by atoms with Gasteiger partial charge in [-0.05, 0) is 43.3 Å². The number of hydrogen-bond donors (Lipinski definition) is 1. The normalized spacial score (nSPS) is 12.0. The molecule has 0 aliphatic heterocycles. The average molecular weight is 371 g/mol. The molecule has 8 heteroatoms. The van der Waals surface area contributed by atoms with Crippen molar-refractivity contribution in [2.24, 2.45) is 0 Å². The zero-order valence-corrected chi connectivity index (χ0v) is 15.2. The van der Waals surface area contributed by atoms with E-state index in [-0.39, 0.29) is 11.7 Å². The van der Waals surface area contributed by atoms with E-state index in [1.54, 1.807) is 31.0 Å². The van der Waals surface area contributed by atoms with Crippen LogP contribution in [0.5, 0.6) is 0 Å². The van der Waals surface area contributed by atoms with Crippen LogP contribution in [-0.2, 0) is 4.79 Å². The van der Waals surface area contributed by atoms with Crippen LogP contribution in [0, 0.1) is 5.82 Å². The van der Waals surface area contributed by atoms with Crippen molar-refractivity contribution in [2.45, 2.75) is 17.3 Å². The monoisotopic (exact) mass is 371 g/mol. The Kier molecular flexibility index (Phi) is 5.22. The van der Waals surface area contributed by atoms with Gasteiger partial charge in [-0.1, -0.05) is 30.0 Å². The first-order valence-electron chi connectivity index (χ1n) is 7.93. The molecule has 2 aromatic carbocycles. The molecule has 1 aromatic heterocycles. The van der Waals surface area contributed by atoms with E-state index in [9.17, 15) is 9.18 Å². The van der Waals surface area contributed by atoms with Gasteiger partial charge in [-0.25, -0.2) is 9.07 Å². The number of carbonyl (C=O) groups is 1. The van der Waals surface area contributed by atoms with Gasteiger partial charge in [0, 0.05) is 18.3 Å². The van der Waals surface area contributed by atoms with E-state index in [0.29, 0.717) is 16.5 Å². The standard InChI is InChI=1S/C18H18FN5OS/c1-12(17(25)23(2)15-6-4-3-5-7-15)26-18-22-21-16(24(18)20)13-8-10-14(19)11-9-13/h3-12H,20H2,1-2H3. The summed E-state index contributed by atoms with van der Waals surface area (Å²) in [6.07, 6.45) is 0. The molecular weight excluding hydrogens is 353 g/mol. The second-order valence-corrected chi connectivity index (χ2v) is 6.98. The molecule has 0 aliphatic rings. The van der Waals surface area contributed by atoms with Crippen molar-refractivity contribution in [1.29, 1.82) is 0 Å². The van der Waals surface area contributed by atoms with Crippen LogP contribution in [0.3, 0.4) is 0 Å². The number of hydrogen-bond acceptors (Lipinski definition) is 5. The summed E-state index contributed by atoms with van der Waals surface area (Å²) in [5, 5.41) is 8.11. The predicted octanol–water partition coefficient (Wildman–Crippen LogP) is 2.94. The van der Waals surface area contributed by atoms with Gasteiger partial charge < -0.3 is 10.7 Å². The maximum absolute atomic E-state index is 13.1. The molecule has 2 N–H and O–H groups in total. The van der Waals surface area contributed by atoms with Gasteiger partial charge in [-0.15, -0.1) is 10.2 Å². The van der Waals surface area contributed by atoms with Gasteiger partial charge in [0.05, 0.1) is 5.25 Å². The molecule has 0 radical (unpaired) electrons. The summed E-state index contributed by atoms with van der Waals surface area (Å²) in [5.74, 6) is 6.05. The lowest BCUT2D eigenvalue weighted by atomic mass is 10.2. The van der Waals surface area contributed by atoms with Gasteiger partial charge in [-0.2, -0.15) is 0 Å². The van der Waals surface area contributed by atoms with Crippen LogP contribution in [0.2, 0.25) is 0 Å². The minimum Gasteiger partial charge on any atom is -0.335 e. The largest absolute Gasteiger partial charge is 0.335 e. The first-order chi connectivity index (χ1) is 12.5. The lowest BCUT2D eigenvalue weighted by molar-refractivity contribution is -0.117. The molecule has 0 saturated heterocycles. The molecule has 26 heavy (non-hydrogen) atoms. The summed E-state index contributed by atoms with van der Waals surface area (Å²) >= 11 is 1.22. The van der Waals surface area contributed by atoms with Gasteiger partial charge in [0.2, 0.25) is 11.1 Å². The second kappa shape index (κ2) is 7.57. The van der Waals surface area contributed by atoms with Crippen LogP contribution in [-0.4, -0.2) is 33.1 Å². The highest BCUT2D eigenvalue weighted by molar-refractivity contribution is 8.00. The number of para-hydroxylation sites is 1. The highest BCUT2D eigenvalue weighted by Gasteiger charge is 2.23. The number of aromatic nitrogens is 3. The fourth-order valence-corrected chi connectivity index (χ4v) is 3.28. The summed E-state index contributed by atoms with van der Waals surface area (Å²) in [6, 6.07) is 15.2. The van der Waals surface area contributed by atoms with Crippen LogP contribution >= 0.6 is 11.8 Å². The van der Waals surface area contributed by atoms with Crippen LogP contribution in [0.1, 0.15) is 6.92 Å². The first kappa shape index (κ1) is 17.9. The molecule has 0 bridgehead atoms. The number of benzene rings is 2. The summed E-state index contributed by atoms with van der Waals surface area (Å²) in [7, 11) is 1.73. The third kappa shape index (κ3) is 3.70. The minimum absolute atomic E-state index is 0.0764. The third-order valence-electron chi connectivity index (χ3n) is 3.87. The molecule has 1 atom stereocenters. The van der Waals surface area contributed by atoms with Crippen molar-refractivity contribution >= 4 is 23.4 Å². The summed E-state index contributed by atoms with van der Waals surface area (Å²) in [4.78, 5) is 14.2. The zero-order chi connectivity index (χ0) is 18.7. The molecule has 0 spiro atoms. The average Bonchev–Trinajstić information content (AvgIpc) is 3.02. The van der Waals surface area contributed by atoms with Gasteiger partial charge >= 0.3 is 0 Å². The Bertz CT molecular complexity index is 898. The molecule has 1 heterocycles. The van der Waals surface area contributed by atoms with E-state index >= 15 is 0 Å². The number of anilines is 1. The lowest BCUT2D eigenvalue weighted by Crippen LogP contribution is -2.33. The van der Waals surface area contributed by atoms with E-state index in [2.05, 4.69) is 10.2 Å². The quantitative estimate of drug-likeness (QED) is 0.551. The Morgan fingerprint density at radius 3 is 2.46 bits per heavy atom. The number of nitrogen functional groups attached to an aromatic ring is 1. The van der Waals surface area contributed by atoms with Gasteiger partial charge in [0.25, 0.3) is 0 Å². The Hall–Kier alpha value is -2.87. The Labute approximate surface area is 154 Å². The topological polar surface area (TPSA) is 77.0 Å². The third-order valence-corrected chi connectivity index (χ3v) is 4.92. The fraction of sp³-hybridized carbons (Fsp3) is 0.167. The van der Waals surface area contributed by atoms with Crippen molar-refractivity contribution in [3.05, 3.63) is 60.4 Å². The number of nitrogens with two attached hydrogens (primary N) is 1. The van der Waals surface area contributed by atoms with Gasteiger partial charge in [0.15, 0.2) is 5.82 Å². The van der Waals surface area contributed by atoms with Crippen LogP contribution in [0.4, 0.5) is 10.1 Å². The van der Waals surface area contributed by atoms with Gasteiger partial charge in [-0.3, -0.25) is 4.79 Å². The maximum Gasteiger partial charge on any atom is 0.240 e. The molecule has 134 valence electrons. The van der Waals surface area contributed by atoms with Crippen LogP contribution in [0.25, 0.3) is 11.4 Å². The van der Waals surface area contributed by atoms with E-state index in [4.69, 9.17) is 5.84 Å². The number of rotatable bonds is 5. The van der Waals surface area contributed by atoms with Crippen molar-refractivity contribution in [3.8, 4) is 11.4 Å². The predicted molar refractivity (Wildman–Crippen MR) is 101 cm³/mol. The first-order valence-corrected chi connectivity index (χ1v) is 8.81. The number of thioether (sulfide) groups is 1. The summed E-state index contributed by atoms with van der Waals surface area (Å²) in [6.45, 7) is 1.79. The van der Waals surface area contributed by atoms with Crippen LogP contribution in [0.15, 0.2) is 59.8 Å². The highest BCUT2D eigenvalue weighted by atomic mass is 32.2. The van der Waals surface area contributed by atoms with Crippen molar-refractivity contribution in [1.82, 2.24) is 14.9 Å². The molecule has 0 fully saturated rings. The molecule has 1 amide bonds. The highest BCUT2D eigenvalue weighted by Crippen LogP contribution is 2.26. The Morgan fingerprint density at radius 1 is 1.15 bits per heavy atom. The molecule has 3 aromatic rings. The van der Waals surface area contributed by atoms with E-state index in [1.807, 2.05) is 30.3 Å². The van der Waals surface area contributed by atoms with E-state index in [1.165, 1.54) is 28.6 Å². The molecule has 1 unspecified atom stereocenters. The molecule has 0 saturated carbocycles. The molecule has 0 aliphatic carbocycles. The summed E-state index contributed by atoms with van der Waals surface area (Å²) in [5.41, 5.74) is 1.46. The number of carbonyl (C=O) groups excluding carboxylic acids is 1. The van der Waals surface area contributed by atoms with Crippen molar-refractivity contribution < 1.29 is 9.18 Å². The molecule has 6 nitrogen and oxygen atoms in total. The Balaban J connectivity index is 1.74. The molecular formula is C18H18FN5OS. The van der Waals surface area contributed by atoms with Crippen molar-refractivity contribution in [2.75, 3.05) is 17.8 Å². The fourth-order valence-electron chi connectivity index (χ4n) is 2.41. The van der Waals surface area contributed by atoms with E-state index in [0.717, 1.165) is 5.69 Å². The maximum atomic E-state index is 13.1. The second-order valence-electron chi connectivity index (χ2n) is 5.68. The number of nitrogens with zero attached hydrogens (tertiary/aromatic N) is 4. The van der Waals surface area contributed by atoms with E-state index < -0.39 is 5.25 Å².